The van der Waals surface area contributed by atoms with Crippen molar-refractivity contribution in [2.24, 2.45) is 0 Å². The molecule has 1 amide bonds. The first-order valence-corrected chi connectivity index (χ1v) is 4.83. The van der Waals surface area contributed by atoms with E-state index in [1.165, 1.54) is 6.92 Å². The molecule has 0 aromatic heterocycles. The molecule has 0 aromatic carbocycles. The largest absolute Gasteiger partial charge is 0.480 e. The Bertz CT molecular complexity index is 315. The molecular formula is C9H13NO6. The van der Waals surface area contributed by atoms with Crippen LogP contribution in [0.5, 0.6) is 0 Å². The summed E-state index contributed by atoms with van der Waals surface area (Å²) in [6, 6.07) is -1.01. The summed E-state index contributed by atoms with van der Waals surface area (Å²) in [5, 5.41) is 19.4. The maximum absolute atomic E-state index is 11.4. The van der Waals surface area contributed by atoms with Crippen molar-refractivity contribution in [1.29, 1.82) is 0 Å². The maximum Gasteiger partial charge on any atom is 0.332 e. The lowest BCUT2D eigenvalue weighted by molar-refractivity contribution is -0.153. The van der Waals surface area contributed by atoms with Gasteiger partial charge in [-0.05, 0) is 19.8 Å². The number of carboxylic acids is 2. The molecule has 1 heterocycles. The van der Waals surface area contributed by atoms with Crippen molar-refractivity contribution in [1.82, 2.24) is 5.32 Å². The second-order valence-corrected chi connectivity index (χ2v) is 3.60. The molecule has 0 spiro atoms. The molecule has 16 heavy (non-hydrogen) atoms. The number of carboxylic acid groups (broad SMARTS) is 2. The van der Waals surface area contributed by atoms with Crippen LogP contribution in [0.2, 0.25) is 0 Å². The highest BCUT2D eigenvalue weighted by Gasteiger charge is 2.35. The van der Waals surface area contributed by atoms with E-state index in [1.807, 2.05) is 0 Å². The molecule has 1 rings (SSSR count). The standard InChI is InChI=1S/C9H13NO6/c1-4(8(12)13)10-7(11)5-2-3-6(16-5)9(14)15/h4-6H,2-3H2,1H3,(H,10,11)(H,12,13)(H,14,15)/t4?,5-,6+/m0/s1. The number of carbonyl (C=O) groups excluding carboxylic acids is 1. The fourth-order valence-electron chi connectivity index (χ4n) is 1.38. The smallest absolute Gasteiger partial charge is 0.332 e. The Morgan fingerprint density at radius 2 is 1.81 bits per heavy atom. The minimum Gasteiger partial charge on any atom is -0.480 e. The number of ether oxygens (including phenoxy) is 1. The molecule has 1 fully saturated rings. The van der Waals surface area contributed by atoms with Gasteiger partial charge in [0.2, 0.25) is 5.91 Å². The second kappa shape index (κ2) is 4.93. The Morgan fingerprint density at radius 3 is 2.25 bits per heavy atom. The highest BCUT2D eigenvalue weighted by Crippen LogP contribution is 2.19. The lowest BCUT2D eigenvalue weighted by Crippen LogP contribution is -2.44. The molecule has 7 heteroatoms. The highest BCUT2D eigenvalue weighted by atomic mass is 16.5. The summed E-state index contributed by atoms with van der Waals surface area (Å²) in [7, 11) is 0. The summed E-state index contributed by atoms with van der Waals surface area (Å²) in [5.41, 5.74) is 0. The van der Waals surface area contributed by atoms with E-state index in [0.29, 0.717) is 0 Å². The van der Waals surface area contributed by atoms with E-state index in [0.717, 1.165) is 0 Å². The van der Waals surface area contributed by atoms with Gasteiger partial charge in [0.05, 0.1) is 0 Å². The third-order valence-corrected chi connectivity index (χ3v) is 2.32. The SMILES string of the molecule is CC(NC(=O)[C@@H]1CC[C@H](C(=O)O)O1)C(=O)O. The average Bonchev–Trinajstić information content (AvgIpc) is 2.65. The molecule has 3 atom stereocenters. The molecule has 0 bridgehead atoms. The van der Waals surface area contributed by atoms with Crippen LogP contribution >= 0.6 is 0 Å². The molecule has 90 valence electrons. The first-order chi connectivity index (χ1) is 7.41. The van der Waals surface area contributed by atoms with Crippen LogP contribution in [0, 0.1) is 0 Å². The van der Waals surface area contributed by atoms with Gasteiger partial charge in [-0.25, -0.2) is 4.79 Å². The molecule has 1 aliphatic heterocycles. The molecule has 7 nitrogen and oxygen atoms in total. The second-order valence-electron chi connectivity index (χ2n) is 3.60. The van der Waals surface area contributed by atoms with Gasteiger partial charge in [0, 0.05) is 0 Å². The van der Waals surface area contributed by atoms with Gasteiger partial charge < -0.3 is 20.3 Å². The van der Waals surface area contributed by atoms with E-state index in [2.05, 4.69) is 5.32 Å². The number of aliphatic carboxylic acids is 2. The summed E-state index contributed by atoms with van der Waals surface area (Å²) < 4.78 is 4.96. The Balaban J connectivity index is 2.45. The topological polar surface area (TPSA) is 113 Å². The highest BCUT2D eigenvalue weighted by molar-refractivity contribution is 5.86. The van der Waals surface area contributed by atoms with E-state index in [-0.39, 0.29) is 12.8 Å². The van der Waals surface area contributed by atoms with Crippen LogP contribution < -0.4 is 5.32 Å². The quantitative estimate of drug-likeness (QED) is 0.584. The molecule has 0 saturated carbocycles. The van der Waals surface area contributed by atoms with E-state index >= 15 is 0 Å². The van der Waals surface area contributed by atoms with Crippen molar-refractivity contribution < 1.29 is 29.3 Å². The van der Waals surface area contributed by atoms with Crippen LogP contribution in [-0.4, -0.2) is 46.3 Å². The third kappa shape index (κ3) is 2.93. The van der Waals surface area contributed by atoms with Gasteiger partial charge in [-0.15, -0.1) is 0 Å². The van der Waals surface area contributed by atoms with E-state index in [1.54, 1.807) is 0 Å². The minimum absolute atomic E-state index is 0.259. The first-order valence-electron chi connectivity index (χ1n) is 4.83. The molecule has 1 aliphatic rings. The van der Waals surface area contributed by atoms with E-state index < -0.39 is 36.1 Å². The van der Waals surface area contributed by atoms with Crippen LogP contribution in [0.25, 0.3) is 0 Å². The Hall–Kier alpha value is -1.63. The lowest BCUT2D eigenvalue weighted by Gasteiger charge is -2.14. The van der Waals surface area contributed by atoms with Crippen LogP contribution in [-0.2, 0) is 19.1 Å². The van der Waals surface area contributed by atoms with Crippen molar-refractivity contribution >= 4 is 17.8 Å². The van der Waals surface area contributed by atoms with Crippen LogP contribution in [0.3, 0.4) is 0 Å². The van der Waals surface area contributed by atoms with Gasteiger partial charge in [-0.1, -0.05) is 0 Å². The van der Waals surface area contributed by atoms with Crippen LogP contribution in [0.4, 0.5) is 0 Å². The number of carbonyl (C=O) groups is 3. The number of rotatable bonds is 4. The van der Waals surface area contributed by atoms with Gasteiger partial charge >= 0.3 is 11.9 Å². The van der Waals surface area contributed by atoms with E-state index in [4.69, 9.17) is 14.9 Å². The molecule has 0 radical (unpaired) electrons. The number of nitrogens with one attached hydrogen (secondary N) is 1. The van der Waals surface area contributed by atoms with Crippen molar-refractivity contribution in [2.45, 2.75) is 38.0 Å². The van der Waals surface area contributed by atoms with Gasteiger partial charge in [-0.2, -0.15) is 0 Å². The summed E-state index contributed by atoms with van der Waals surface area (Å²) in [4.78, 5) is 32.5. The minimum atomic E-state index is -1.15. The molecular weight excluding hydrogens is 218 g/mol. The predicted molar refractivity (Wildman–Crippen MR) is 50.8 cm³/mol. The number of amides is 1. The molecule has 1 unspecified atom stereocenters. The van der Waals surface area contributed by atoms with Crippen LogP contribution in [0.15, 0.2) is 0 Å². The van der Waals surface area contributed by atoms with Crippen LogP contribution in [0.1, 0.15) is 19.8 Å². The molecule has 0 aliphatic carbocycles. The monoisotopic (exact) mass is 231 g/mol. The normalized spacial score (nSPS) is 26.1. The summed E-state index contributed by atoms with van der Waals surface area (Å²) in [5.74, 6) is -2.85. The molecule has 0 aromatic rings. The molecule has 3 N–H and O–H groups in total. The molecule has 1 saturated heterocycles. The Morgan fingerprint density at radius 1 is 1.25 bits per heavy atom. The van der Waals surface area contributed by atoms with Crippen molar-refractivity contribution in [3.63, 3.8) is 0 Å². The fraction of sp³-hybridized carbons (Fsp3) is 0.667. The van der Waals surface area contributed by atoms with E-state index in [9.17, 15) is 14.4 Å². The van der Waals surface area contributed by atoms with Crippen molar-refractivity contribution in [2.75, 3.05) is 0 Å². The summed E-state index contributed by atoms with van der Waals surface area (Å²) in [6.07, 6.45) is -1.30. The number of hydrogen-bond acceptors (Lipinski definition) is 4. The van der Waals surface area contributed by atoms with Gasteiger partial charge in [0.15, 0.2) is 6.10 Å². The first kappa shape index (κ1) is 12.4. The zero-order chi connectivity index (χ0) is 12.3. The lowest BCUT2D eigenvalue weighted by atomic mass is 10.2. The van der Waals surface area contributed by atoms with Gasteiger partial charge in [0.25, 0.3) is 0 Å². The average molecular weight is 231 g/mol. The van der Waals surface area contributed by atoms with Gasteiger partial charge in [-0.3, -0.25) is 9.59 Å². The zero-order valence-corrected chi connectivity index (χ0v) is 8.67. The Labute approximate surface area is 91.4 Å². The summed E-state index contributed by atoms with van der Waals surface area (Å²) >= 11 is 0. The van der Waals surface area contributed by atoms with Crippen molar-refractivity contribution in [3.8, 4) is 0 Å². The van der Waals surface area contributed by atoms with Crippen molar-refractivity contribution in [3.05, 3.63) is 0 Å². The fourth-order valence-corrected chi connectivity index (χ4v) is 1.38. The third-order valence-electron chi connectivity index (χ3n) is 2.32. The maximum atomic E-state index is 11.4. The predicted octanol–water partition coefficient (Wildman–Crippen LogP) is -0.792. The zero-order valence-electron chi connectivity index (χ0n) is 8.67. The Kier molecular flexibility index (Phi) is 3.83. The van der Waals surface area contributed by atoms with Gasteiger partial charge in [0.1, 0.15) is 12.1 Å². The number of hydrogen-bond donors (Lipinski definition) is 3. The summed E-state index contributed by atoms with van der Waals surface area (Å²) in [6.45, 7) is 1.32.